The Hall–Kier alpha value is -1.42. The second-order valence-electron chi connectivity index (χ2n) is 9.18. The van der Waals surface area contributed by atoms with Crippen molar-refractivity contribution < 1.29 is 19.4 Å². The summed E-state index contributed by atoms with van der Waals surface area (Å²) in [5, 5.41) is 10.4. The number of allylic oxidation sites excluding steroid dienone is 2. The number of esters is 1. The average molecular weight is 363 g/mol. The van der Waals surface area contributed by atoms with Gasteiger partial charge in [-0.1, -0.05) is 32.4 Å². The summed E-state index contributed by atoms with van der Waals surface area (Å²) in [4.78, 5) is 24.0. The van der Waals surface area contributed by atoms with Crippen molar-refractivity contribution in [3.05, 3.63) is 24.3 Å². The Balaban J connectivity index is 2.47. The predicted molar refractivity (Wildman–Crippen MR) is 102 cm³/mol. The average Bonchev–Trinajstić information content (AvgIpc) is 2.53. The van der Waals surface area contributed by atoms with Crippen molar-refractivity contribution in [1.29, 1.82) is 0 Å². The fourth-order valence-corrected chi connectivity index (χ4v) is 5.15. The van der Waals surface area contributed by atoms with Crippen LogP contribution in [0, 0.1) is 22.7 Å². The van der Waals surface area contributed by atoms with E-state index in [1.807, 2.05) is 6.92 Å². The van der Waals surface area contributed by atoms with Crippen LogP contribution in [0.2, 0.25) is 0 Å². The Morgan fingerprint density at radius 3 is 2.65 bits per heavy atom. The summed E-state index contributed by atoms with van der Waals surface area (Å²) in [7, 11) is 0. The minimum atomic E-state index is -0.947. The molecule has 4 heteroatoms. The van der Waals surface area contributed by atoms with Crippen LogP contribution in [0.4, 0.5) is 0 Å². The molecule has 2 aliphatic carbocycles. The first-order chi connectivity index (χ1) is 11.9. The highest BCUT2D eigenvalue weighted by atomic mass is 16.5. The zero-order chi connectivity index (χ0) is 19.9. The Morgan fingerprint density at radius 1 is 1.50 bits per heavy atom. The van der Waals surface area contributed by atoms with E-state index in [9.17, 15) is 14.7 Å². The number of ether oxygens (including phenoxy) is 1. The maximum atomic E-state index is 12.4. The molecule has 0 radical (unpaired) electrons. The molecule has 6 unspecified atom stereocenters. The SMILES string of the molecule is C=CC(C)(O)CCC1(C)C(C)C(OC(C)=O)CC2(C)C(C)=CC(=O)CC21. The summed E-state index contributed by atoms with van der Waals surface area (Å²) in [6.07, 6.45) is 5.70. The number of carbonyl (C=O) groups excluding carboxylic acids is 2. The first-order valence-corrected chi connectivity index (χ1v) is 9.60. The van der Waals surface area contributed by atoms with Crippen molar-refractivity contribution in [2.75, 3.05) is 0 Å². The maximum Gasteiger partial charge on any atom is 0.302 e. The quantitative estimate of drug-likeness (QED) is 0.587. The fourth-order valence-electron chi connectivity index (χ4n) is 5.15. The first kappa shape index (κ1) is 20.9. The molecule has 0 aliphatic heterocycles. The Bertz CT molecular complexity index is 632. The van der Waals surface area contributed by atoms with Crippen LogP contribution in [0.5, 0.6) is 0 Å². The molecule has 2 aliphatic rings. The van der Waals surface area contributed by atoms with Crippen molar-refractivity contribution in [1.82, 2.24) is 0 Å². The summed E-state index contributed by atoms with van der Waals surface area (Å²) in [6, 6.07) is 0. The summed E-state index contributed by atoms with van der Waals surface area (Å²) < 4.78 is 5.71. The van der Waals surface area contributed by atoms with E-state index in [1.165, 1.54) is 6.92 Å². The molecular formula is C22H34O4. The third-order valence-electron chi connectivity index (χ3n) is 7.40. The Morgan fingerprint density at radius 2 is 2.12 bits per heavy atom. The molecule has 0 saturated heterocycles. The first-order valence-electron chi connectivity index (χ1n) is 9.60. The van der Waals surface area contributed by atoms with Crippen LogP contribution in [-0.2, 0) is 14.3 Å². The van der Waals surface area contributed by atoms with Gasteiger partial charge in [0.15, 0.2) is 5.78 Å². The smallest absolute Gasteiger partial charge is 0.302 e. The highest BCUT2D eigenvalue weighted by Gasteiger charge is 2.58. The van der Waals surface area contributed by atoms with Gasteiger partial charge in [-0.2, -0.15) is 0 Å². The lowest BCUT2D eigenvalue weighted by Gasteiger charge is -2.59. The van der Waals surface area contributed by atoms with Gasteiger partial charge < -0.3 is 9.84 Å². The second kappa shape index (κ2) is 6.95. The van der Waals surface area contributed by atoms with Gasteiger partial charge in [-0.05, 0) is 61.9 Å². The molecule has 6 atom stereocenters. The van der Waals surface area contributed by atoms with Crippen molar-refractivity contribution in [2.45, 2.75) is 78.9 Å². The lowest BCUT2D eigenvalue weighted by Crippen LogP contribution is -2.57. The van der Waals surface area contributed by atoms with Crippen LogP contribution in [0.3, 0.4) is 0 Å². The second-order valence-corrected chi connectivity index (χ2v) is 9.18. The van der Waals surface area contributed by atoms with Gasteiger partial charge in [0.1, 0.15) is 6.10 Å². The molecule has 0 amide bonds. The number of ketones is 1. The van der Waals surface area contributed by atoms with Crippen LogP contribution >= 0.6 is 0 Å². The lowest BCUT2D eigenvalue weighted by molar-refractivity contribution is -0.172. The van der Waals surface area contributed by atoms with Crippen molar-refractivity contribution in [3.8, 4) is 0 Å². The van der Waals surface area contributed by atoms with Gasteiger partial charge in [-0.25, -0.2) is 0 Å². The zero-order valence-corrected chi connectivity index (χ0v) is 17.1. The highest BCUT2D eigenvalue weighted by molar-refractivity contribution is 5.92. The molecular weight excluding hydrogens is 328 g/mol. The van der Waals surface area contributed by atoms with E-state index < -0.39 is 5.60 Å². The maximum absolute atomic E-state index is 12.4. The summed E-state index contributed by atoms with van der Waals surface area (Å²) >= 11 is 0. The van der Waals surface area contributed by atoms with Crippen molar-refractivity contribution in [3.63, 3.8) is 0 Å². The lowest BCUT2D eigenvalue weighted by atomic mass is 9.46. The fraction of sp³-hybridized carbons (Fsp3) is 0.727. The molecule has 0 aromatic carbocycles. The third-order valence-corrected chi connectivity index (χ3v) is 7.40. The predicted octanol–water partition coefficient (Wildman–Crippen LogP) is 4.22. The van der Waals surface area contributed by atoms with E-state index >= 15 is 0 Å². The summed E-state index contributed by atoms with van der Waals surface area (Å²) in [5.41, 5.74) is -0.290. The number of hydrogen-bond donors (Lipinski definition) is 1. The zero-order valence-electron chi connectivity index (χ0n) is 17.1. The number of hydrogen-bond acceptors (Lipinski definition) is 4. The van der Waals surface area contributed by atoms with Crippen LogP contribution < -0.4 is 0 Å². The monoisotopic (exact) mass is 362 g/mol. The van der Waals surface area contributed by atoms with Crippen LogP contribution in [0.25, 0.3) is 0 Å². The van der Waals surface area contributed by atoms with Crippen LogP contribution in [-0.4, -0.2) is 28.6 Å². The van der Waals surface area contributed by atoms with Crippen molar-refractivity contribution in [2.24, 2.45) is 22.7 Å². The van der Waals surface area contributed by atoms with Gasteiger partial charge in [0.05, 0.1) is 5.60 Å². The summed E-state index contributed by atoms with van der Waals surface area (Å²) in [5.74, 6) is 0.168. The van der Waals surface area contributed by atoms with E-state index in [0.29, 0.717) is 12.8 Å². The van der Waals surface area contributed by atoms with E-state index in [4.69, 9.17) is 4.74 Å². The molecule has 2 rings (SSSR count). The van der Waals surface area contributed by atoms with Gasteiger partial charge in [0, 0.05) is 13.3 Å². The van der Waals surface area contributed by atoms with Gasteiger partial charge >= 0.3 is 5.97 Å². The van der Waals surface area contributed by atoms with Gasteiger partial charge in [-0.3, -0.25) is 9.59 Å². The standard InChI is InChI=1S/C22H34O4/c1-8-20(5,25)9-10-21(6)15(3)18(26-16(4)23)13-22(7)14(2)11-17(24)12-19(21)22/h8,11,15,18-19,25H,1,9-10,12-13H2,2-7H3. The molecule has 0 heterocycles. The van der Waals surface area contributed by atoms with Gasteiger partial charge in [0.25, 0.3) is 0 Å². The molecule has 1 N–H and O–H groups in total. The van der Waals surface area contributed by atoms with E-state index in [0.717, 1.165) is 18.4 Å². The molecule has 1 fully saturated rings. The van der Waals surface area contributed by atoms with Crippen LogP contribution in [0.15, 0.2) is 24.3 Å². The molecule has 4 nitrogen and oxygen atoms in total. The molecule has 0 bridgehead atoms. The Kier molecular flexibility index (Phi) is 5.59. The van der Waals surface area contributed by atoms with E-state index in [2.05, 4.69) is 27.4 Å². The number of aliphatic hydroxyl groups is 1. The Labute approximate surface area is 157 Å². The molecule has 1 saturated carbocycles. The van der Waals surface area contributed by atoms with E-state index in [-0.39, 0.29) is 40.5 Å². The normalized spacial score (nSPS) is 39.4. The minimum Gasteiger partial charge on any atom is -0.462 e. The summed E-state index contributed by atoms with van der Waals surface area (Å²) in [6.45, 7) is 15.5. The number of fused-ring (bicyclic) bond motifs is 1. The third kappa shape index (κ3) is 3.66. The molecule has 0 aromatic heterocycles. The number of rotatable bonds is 5. The number of carbonyl (C=O) groups is 2. The molecule has 26 heavy (non-hydrogen) atoms. The van der Waals surface area contributed by atoms with Crippen LogP contribution in [0.1, 0.15) is 67.2 Å². The van der Waals surface area contributed by atoms with E-state index in [1.54, 1.807) is 19.1 Å². The molecule has 146 valence electrons. The van der Waals surface area contributed by atoms with Crippen molar-refractivity contribution >= 4 is 11.8 Å². The molecule has 0 spiro atoms. The highest BCUT2D eigenvalue weighted by Crippen LogP contribution is 2.62. The largest absolute Gasteiger partial charge is 0.462 e. The minimum absolute atomic E-state index is 0.101. The topological polar surface area (TPSA) is 63.6 Å². The molecule has 0 aromatic rings. The van der Waals surface area contributed by atoms with Gasteiger partial charge in [-0.15, -0.1) is 6.58 Å². The van der Waals surface area contributed by atoms with Gasteiger partial charge in [0.2, 0.25) is 0 Å².